The lowest BCUT2D eigenvalue weighted by molar-refractivity contribution is 0.0674. The van der Waals surface area contributed by atoms with E-state index in [2.05, 4.69) is 17.9 Å². The number of aliphatic hydroxyl groups excluding tert-OH is 1. The third-order valence-corrected chi connectivity index (χ3v) is 4.20. The van der Waals surface area contributed by atoms with Crippen LogP contribution in [0.3, 0.4) is 0 Å². The van der Waals surface area contributed by atoms with Gasteiger partial charge in [-0.3, -0.25) is 4.90 Å². The number of methoxy groups -OCH3 is 2. The topological polar surface area (TPSA) is 75.0 Å². The molecule has 144 valence electrons. The van der Waals surface area contributed by atoms with Gasteiger partial charge in [0.15, 0.2) is 11.5 Å². The average Bonchev–Trinajstić information content (AvgIpc) is 2.71. The van der Waals surface area contributed by atoms with Crippen molar-refractivity contribution in [3.63, 3.8) is 0 Å². The summed E-state index contributed by atoms with van der Waals surface area (Å²) in [5.41, 5.74) is 1.66. The highest BCUT2D eigenvalue weighted by Gasteiger charge is 2.13. The monoisotopic (exact) mass is 370 g/mol. The van der Waals surface area contributed by atoms with Crippen LogP contribution in [0.5, 0.6) is 17.2 Å². The fourth-order valence-electron chi connectivity index (χ4n) is 2.71. The first-order valence-electron chi connectivity index (χ1n) is 8.83. The summed E-state index contributed by atoms with van der Waals surface area (Å²) in [4.78, 5) is 2.13. The SMILES string of the molecule is CCN(Cc1ccc(OC)c(OC)c1)CC(O)COc1ccc(C#N)cc1. The number of nitrogens with zero attached hydrogens (tertiary/aromatic N) is 2. The molecule has 0 saturated carbocycles. The van der Waals surface area contributed by atoms with Crippen molar-refractivity contribution in [2.45, 2.75) is 19.6 Å². The van der Waals surface area contributed by atoms with Gasteiger partial charge in [-0.05, 0) is 48.5 Å². The standard InChI is InChI=1S/C21H26N2O4/c1-4-23(13-17-7-10-20(25-2)21(11-17)26-3)14-18(24)15-27-19-8-5-16(12-22)6-9-19/h5-11,18,24H,4,13-15H2,1-3H3. The number of aliphatic hydroxyl groups is 1. The van der Waals surface area contributed by atoms with Crippen LogP contribution in [-0.4, -0.2) is 50.0 Å². The Balaban J connectivity index is 1.88. The van der Waals surface area contributed by atoms with Crippen LogP contribution in [0.1, 0.15) is 18.1 Å². The number of nitriles is 1. The molecule has 0 aliphatic carbocycles. The van der Waals surface area contributed by atoms with Gasteiger partial charge in [-0.15, -0.1) is 0 Å². The summed E-state index contributed by atoms with van der Waals surface area (Å²) in [6.45, 7) is 4.21. The zero-order valence-electron chi connectivity index (χ0n) is 16.0. The van der Waals surface area contributed by atoms with Crippen LogP contribution in [0.4, 0.5) is 0 Å². The van der Waals surface area contributed by atoms with Gasteiger partial charge in [-0.25, -0.2) is 0 Å². The molecule has 0 spiro atoms. The third kappa shape index (κ3) is 6.17. The van der Waals surface area contributed by atoms with E-state index in [4.69, 9.17) is 19.5 Å². The third-order valence-electron chi connectivity index (χ3n) is 4.20. The molecule has 1 unspecified atom stereocenters. The Hall–Kier alpha value is -2.75. The maximum absolute atomic E-state index is 10.3. The maximum atomic E-state index is 10.3. The van der Waals surface area contributed by atoms with Crippen LogP contribution < -0.4 is 14.2 Å². The van der Waals surface area contributed by atoms with E-state index in [0.717, 1.165) is 12.1 Å². The molecule has 0 saturated heterocycles. The van der Waals surface area contributed by atoms with Crippen molar-refractivity contribution >= 4 is 0 Å². The summed E-state index contributed by atoms with van der Waals surface area (Å²) in [7, 11) is 3.23. The Kier molecular flexibility index (Phi) is 7.93. The zero-order valence-corrected chi connectivity index (χ0v) is 16.0. The molecule has 6 nitrogen and oxygen atoms in total. The van der Waals surface area contributed by atoms with Crippen LogP contribution in [-0.2, 0) is 6.54 Å². The van der Waals surface area contributed by atoms with Crippen LogP contribution >= 0.6 is 0 Å². The molecule has 0 bridgehead atoms. The van der Waals surface area contributed by atoms with Crippen molar-refractivity contribution in [3.8, 4) is 23.3 Å². The Morgan fingerprint density at radius 1 is 1.07 bits per heavy atom. The van der Waals surface area contributed by atoms with E-state index in [0.29, 0.717) is 35.9 Å². The Morgan fingerprint density at radius 3 is 2.37 bits per heavy atom. The normalized spacial score (nSPS) is 11.7. The lowest BCUT2D eigenvalue weighted by atomic mass is 10.1. The molecule has 1 N–H and O–H groups in total. The van der Waals surface area contributed by atoms with E-state index >= 15 is 0 Å². The van der Waals surface area contributed by atoms with Crippen molar-refractivity contribution < 1.29 is 19.3 Å². The lowest BCUT2D eigenvalue weighted by Gasteiger charge is -2.24. The molecule has 0 aromatic heterocycles. The van der Waals surface area contributed by atoms with Gasteiger partial charge in [0.2, 0.25) is 0 Å². The maximum Gasteiger partial charge on any atom is 0.161 e. The number of benzene rings is 2. The second-order valence-electron chi connectivity index (χ2n) is 6.12. The summed E-state index contributed by atoms with van der Waals surface area (Å²) in [6.07, 6.45) is -0.624. The first-order chi connectivity index (χ1) is 13.1. The number of ether oxygens (including phenoxy) is 3. The van der Waals surface area contributed by atoms with E-state index in [-0.39, 0.29) is 6.61 Å². The number of hydrogen-bond donors (Lipinski definition) is 1. The molecule has 2 aromatic rings. The van der Waals surface area contributed by atoms with Crippen LogP contribution in [0.25, 0.3) is 0 Å². The van der Waals surface area contributed by atoms with Gasteiger partial charge in [0, 0.05) is 13.1 Å². The highest BCUT2D eigenvalue weighted by atomic mass is 16.5. The predicted molar refractivity (Wildman–Crippen MR) is 103 cm³/mol. The van der Waals surface area contributed by atoms with Crippen molar-refractivity contribution in [1.29, 1.82) is 5.26 Å². The Morgan fingerprint density at radius 2 is 1.78 bits per heavy atom. The number of likely N-dealkylation sites (N-methyl/N-ethyl adjacent to an activating group) is 1. The van der Waals surface area contributed by atoms with Gasteiger partial charge in [0.1, 0.15) is 18.5 Å². The van der Waals surface area contributed by atoms with E-state index in [1.807, 2.05) is 18.2 Å². The van der Waals surface area contributed by atoms with E-state index in [1.165, 1.54) is 0 Å². The minimum atomic E-state index is -0.624. The first-order valence-corrected chi connectivity index (χ1v) is 8.83. The largest absolute Gasteiger partial charge is 0.493 e. The molecule has 2 aromatic carbocycles. The van der Waals surface area contributed by atoms with Crippen LogP contribution in [0, 0.1) is 11.3 Å². The second-order valence-corrected chi connectivity index (χ2v) is 6.12. The van der Waals surface area contributed by atoms with Crippen molar-refractivity contribution in [2.75, 3.05) is 33.9 Å². The van der Waals surface area contributed by atoms with Gasteiger partial charge in [0.05, 0.1) is 25.9 Å². The smallest absolute Gasteiger partial charge is 0.161 e. The summed E-state index contributed by atoms with van der Waals surface area (Å²) in [5, 5.41) is 19.1. The van der Waals surface area contributed by atoms with E-state index < -0.39 is 6.10 Å². The first kappa shape index (κ1) is 20.6. The van der Waals surface area contributed by atoms with E-state index in [1.54, 1.807) is 38.5 Å². The zero-order chi connectivity index (χ0) is 19.6. The van der Waals surface area contributed by atoms with Gasteiger partial charge in [-0.2, -0.15) is 5.26 Å². The predicted octanol–water partition coefficient (Wildman–Crippen LogP) is 2.84. The molecule has 0 radical (unpaired) electrons. The highest BCUT2D eigenvalue weighted by Crippen LogP contribution is 2.28. The molecule has 27 heavy (non-hydrogen) atoms. The minimum Gasteiger partial charge on any atom is -0.493 e. The Bertz CT molecular complexity index is 756. The molecular formula is C21H26N2O4. The fraction of sp³-hybridized carbons (Fsp3) is 0.381. The number of rotatable bonds is 10. The molecule has 1 atom stereocenters. The van der Waals surface area contributed by atoms with Gasteiger partial charge in [-0.1, -0.05) is 13.0 Å². The summed E-state index contributed by atoms with van der Waals surface area (Å²) in [6, 6.07) is 14.7. The molecule has 0 fully saturated rings. The summed E-state index contributed by atoms with van der Waals surface area (Å²) >= 11 is 0. The summed E-state index contributed by atoms with van der Waals surface area (Å²) in [5.74, 6) is 2.02. The molecule has 6 heteroatoms. The van der Waals surface area contributed by atoms with Gasteiger partial charge < -0.3 is 19.3 Å². The van der Waals surface area contributed by atoms with Crippen LogP contribution in [0.15, 0.2) is 42.5 Å². The van der Waals surface area contributed by atoms with Crippen LogP contribution in [0.2, 0.25) is 0 Å². The molecule has 0 aliphatic rings. The lowest BCUT2D eigenvalue weighted by Crippen LogP contribution is -2.35. The van der Waals surface area contributed by atoms with Crippen molar-refractivity contribution in [1.82, 2.24) is 4.90 Å². The van der Waals surface area contributed by atoms with Gasteiger partial charge in [0.25, 0.3) is 0 Å². The molecule has 0 amide bonds. The fourth-order valence-corrected chi connectivity index (χ4v) is 2.71. The van der Waals surface area contributed by atoms with Gasteiger partial charge >= 0.3 is 0 Å². The molecule has 0 heterocycles. The quantitative estimate of drug-likeness (QED) is 0.693. The number of hydrogen-bond acceptors (Lipinski definition) is 6. The Labute approximate surface area is 160 Å². The average molecular weight is 370 g/mol. The van der Waals surface area contributed by atoms with Crippen molar-refractivity contribution in [3.05, 3.63) is 53.6 Å². The molecule has 0 aliphatic heterocycles. The molecular weight excluding hydrogens is 344 g/mol. The van der Waals surface area contributed by atoms with Crippen molar-refractivity contribution in [2.24, 2.45) is 0 Å². The second kappa shape index (κ2) is 10.4. The summed E-state index contributed by atoms with van der Waals surface area (Å²) < 4.78 is 16.2. The minimum absolute atomic E-state index is 0.189. The molecule has 2 rings (SSSR count). The highest BCUT2D eigenvalue weighted by molar-refractivity contribution is 5.42. The van der Waals surface area contributed by atoms with E-state index in [9.17, 15) is 5.11 Å².